The predicted octanol–water partition coefficient (Wildman–Crippen LogP) is 2.56. The second-order valence-corrected chi connectivity index (χ2v) is 6.70. The van der Waals surface area contributed by atoms with Gasteiger partial charge in [-0.25, -0.2) is 4.98 Å². The summed E-state index contributed by atoms with van der Waals surface area (Å²) in [4.78, 5) is 11.0. The topological polar surface area (TPSA) is 64.6 Å². The second-order valence-electron chi connectivity index (χ2n) is 6.70. The quantitative estimate of drug-likeness (QED) is 0.326. The largest absolute Gasteiger partial charge is 0.370 e. The molecular formula is C19H36N6. The average molecular weight is 349 g/mol. The van der Waals surface area contributed by atoms with Crippen LogP contribution in [0.2, 0.25) is 0 Å². The summed E-state index contributed by atoms with van der Waals surface area (Å²) in [5.74, 6) is 1.82. The number of hydrogen-bond donors (Lipinski definition) is 3. The summed E-state index contributed by atoms with van der Waals surface area (Å²) in [6.45, 7) is 12.7. The van der Waals surface area contributed by atoms with E-state index in [1.165, 1.54) is 0 Å². The van der Waals surface area contributed by atoms with Gasteiger partial charge in [-0.2, -0.15) is 0 Å². The Kier molecular flexibility index (Phi) is 10.6. The van der Waals surface area contributed by atoms with Gasteiger partial charge < -0.3 is 16.0 Å². The summed E-state index contributed by atoms with van der Waals surface area (Å²) in [7, 11) is 1.82. The molecule has 0 atom stereocenters. The van der Waals surface area contributed by atoms with Crippen molar-refractivity contribution in [3.63, 3.8) is 0 Å². The monoisotopic (exact) mass is 348 g/mol. The van der Waals surface area contributed by atoms with Gasteiger partial charge in [0.25, 0.3) is 0 Å². The maximum atomic E-state index is 4.29. The molecule has 0 saturated heterocycles. The third-order valence-electron chi connectivity index (χ3n) is 4.08. The van der Waals surface area contributed by atoms with E-state index in [0.717, 1.165) is 50.8 Å². The van der Waals surface area contributed by atoms with E-state index in [4.69, 9.17) is 0 Å². The van der Waals surface area contributed by atoms with Crippen LogP contribution in [-0.4, -0.2) is 61.2 Å². The van der Waals surface area contributed by atoms with Crippen LogP contribution < -0.4 is 16.0 Å². The standard InChI is InChI=1S/C19H36N6/c1-16(2)25(17(3)4)15-14-24-19(20-5)23-13-9-8-12-22-18-10-6-7-11-21-18/h6-7,10-11,16-17H,8-9,12-15H2,1-5H3,(H,21,22)(H2,20,23,24). The third kappa shape index (κ3) is 9.29. The van der Waals surface area contributed by atoms with Gasteiger partial charge in [-0.1, -0.05) is 6.07 Å². The molecule has 0 aliphatic heterocycles. The summed E-state index contributed by atoms with van der Waals surface area (Å²) in [6, 6.07) is 7.02. The number of guanidine groups is 1. The number of anilines is 1. The first-order valence-corrected chi connectivity index (χ1v) is 9.39. The first-order chi connectivity index (χ1) is 12.0. The zero-order chi connectivity index (χ0) is 18.5. The SMILES string of the molecule is CN=C(NCCCCNc1ccccn1)NCCN(C(C)C)C(C)C. The van der Waals surface area contributed by atoms with Crippen molar-refractivity contribution in [3.8, 4) is 0 Å². The molecule has 142 valence electrons. The number of nitrogens with one attached hydrogen (secondary N) is 3. The number of nitrogens with zero attached hydrogens (tertiary/aromatic N) is 3. The molecule has 0 spiro atoms. The van der Waals surface area contributed by atoms with E-state index in [1.807, 2.05) is 25.2 Å². The van der Waals surface area contributed by atoms with Gasteiger partial charge in [-0.15, -0.1) is 0 Å². The second kappa shape index (κ2) is 12.5. The van der Waals surface area contributed by atoms with Crippen molar-refractivity contribution in [1.82, 2.24) is 20.5 Å². The molecule has 6 nitrogen and oxygen atoms in total. The molecule has 0 saturated carbocycles. The minimum atomic E-state index is 0.559. The van der Waals surface area contributed by atoms with Crippen LogP contribution in [-0.2, 0) is 0 Å². The van der Waals surface area contributed by atoms with Crippen LogP contribution in [0, 0.1) is 0 Å². The van der Waals surface area contributed by atoms with Gasteiger partial charge in [0.1, 0.15) is 5.82 Å². The van der Waals surface area contributed by atoms with Crippen LogP contribution in [0.3, 0.4) is 0 Å². The summed E-state index contributed by atoms with van der Waals surface area (Å²) in [6.07, 6.45) is 3.99. The summed E-state index contributed by atoms with van der Waals surface area (Å²) in [5.41, 5.74) is 0. The molecule has 0 amide bonds. The molecule has 3 N–H and O–H groups in total. The van der Waals surface area contributed by atoms with Crippen molar-refractivity contribution in [2.75, 3.05) is 38.5 Å². The van der Waals surface area contributed by atoms with Crippen LogP contribution in [0.25, 0.3) is 0 Å². The van der Waals surface area contributed by atoms with Gasteiger partial charge in [0.05, 0.1) is 0 Å². The predicted molar refractivity (Wildman–Crippen MR) is 108 cm³/mol. The van der Waals surface area contributed by atoms with E-state index in [2.05, 4.69) is 58.5 Å². The lowest BCUT2D eigenvalue weighted by atomic mass is 10.2. The highest BCUT2D eigenvalue weighted by Gasteiger charge is 2.12. The highest BCUT2D eigenvalue weighted by molar-refractivity contribution is 5.79. The maximum Gasteiger partial charge on any atom is 0.191 e. The van der Waals surface area contributed by atoms with Gasteiger partial charge in [0.15, 0.2) is 5.96 Å². The average Bonchev–Trinajstić information content (AvgIpc) is 2.59. The van der Waals surface area contributed by atoms with E-state index in [0.29, 0.717) is 12.1 Å². The van der Waals surface area contributed by atoms with Crippen LogP contribution in [0.5, 0.6) is 0 Å². The number of aliphatic imine (C=N–C) groups is 1. The molecule has 0 aliphatic rings. The van der Waals surface area contributed by atoms with Crippen molar-refractivity contribution >= 4 is 11.8 Å². The molecule has 1 aromatic heterocycles. The fourth-order valence-electron chi connectivity index (χ4n) is 2.78. The fourth-order valence-corrected chi connectivity index (χ4v) is 2.78. The molecule has 0 radical (unpaired) electrons. The van der Waals surface area contributed by atoms with Crippen LogP contribution >= 0.6 is 0 Å². The number of pyridine rings is 1. The Bertz CT molecular complexity index is 464. The molecule has 0 bridgehead atoms. The van der Waals surface area contributed by atoms with E-state index >= 15 is 0 Å². The molecule has 6 heteroatoms. The van der Waals surface area contributed by atoms with Gasteiger partial charge >= 0.3 is 0 Å². The lowest BCUT2D eigenvalue weighted by Gasteiger charge is -2.30. The number of unbranched alkanes of at least 4 members (excludes halogenated alkanes) is 1. The molecule has 1 rings (SSSR count). The Hall–Kier alpha value is -1.82. The number of aromatic nitrogens is 1. The Morgan fingerprint density at radius 1 is 1.04 bits per heavy atom. The van der Waals surface area contributed by atoms with Crippen molar-refractivity contribution in [2.24, 2.45) is 4.99 Å². The molecule has 25 heavy (non-hydrogen) atoms. The maximum absolute atomic E-state index is 4.29. The summed E-state index contributed by atoms with van der Waals surface area (Å²) < 4.78 is 0. The molecular weight excluding hydrogens is 312 g/mol. The Morgan fingerprint density at radius 2 is 1.72 bits per heavy atom. The van der Waals surface area contributed by atoms with Crippen LogP contribution in [0.4, 0.5) is 5.82 Å². The van der Waals surface area contributed by atoms with E-state index in [-0.39, 0.29) is 0 Å². The first kappa shape index (κ1) is 21.2. The van der Waals surface area contributed by atoms with Crippen LogP contribution in [0.1, 0.15) is 40.5 Å². The first-order valence-electron chi connectivity index (χ1n) is 9.39. The smallest absolute Gasteiger partial charge is 0.191 e. The minimum Gasteiger partial charge on any atom is -0.370 e. The highest BCUT2D eigenvalue weighted by Crippen LogP contribution is 2.03. The number of hydrogen-bond acceptors (Lipinski definition) is 4. The van der Waals surface area contributed by atoms with Crippen molar-refractivity contribution in [2.45, 2.75) is 52.6 Å². The molecule has 0 unspecified atom stereocenters. The van der Waals surface area contributed by atoms with E-state index in [1.54, 1.807) is 6.20 Å². The van der Waals surface area contributed by atoms with Crippen molar-refractivity contribution in [3.05, 3.63) is 24.4 Å². The van der Waals surface area contributed by atoms with Gasteiger partial charge in [-0.05, 0) is 52.7 Å². The van der Waals surface area contributed by atoms with Crippen molar-refractivity contribution in [1.29, 1.82) is 0 Å². The van der Waals surface area contributed by atoms with Crippen LogP contribution in [0.15, 0.2) is 29.4 Å². The van der Waals surface area contributed by atoms with Gasteiger partial charge in [0, 0.05) is 51.5 Å². The summed E-state index contributed by atoms with van der Waals surface area (Å²) in [5, 5.41) is 10.1. The Labute approximate surface area is 153 Å². The van der Waals surface area contributed by atoms with E-state index in [9.17, 15) is 0 Å². The highest BCUT2D eigenvalue weighted by atomic mass is 15.2. The molecule has 1 aromatic rings. The Morgan fingerprint density at radius 3 is 2.32 bits per heavy atom. The molecule has 0 fully saturated rings. The summed E-state index contributed by atoms with van der Waals surface area (Å²) >= 11 is 0. The van der Waals surface area contributed by atoms with Gasteiger partial charge in [0.2, 0.25) is 0 Å². The minimum absolute atomic E-state index is 0.559. The Balaban J connectivity index is 2.11. The fraction of sp³-hybridized carbons (Fsp3) is 0.684. The molecule has 0 aromatic carbocycles. The van der Waals surface area contributed by atoms with Gasteiger partial charge in [-0.3, -0.25) is 9.89 Å². The third-order valence-corrected chi connectivity index (χ3v) is 4.08. The van der Waals surface area contributed by atoms with Crippen molar-refractivity contribution < 1.29 is 0 Å². The molecule has 1 heterocycles. The lowest BCUT2D eigenvalue weighted by Crippen LogP contribution is -2.45. The number of rotatable bonds is 11. The lowest BCUT2D eigenvalue weighted by molar-refractivity contribution is 0.178. The van der Waals surface area contributed by atoms with E-state index < -0.39 is 0 Å². The zero-order valence-corrected chi connectivity index (χ0v) is 16.5. The normalized spacial score (nSPS) is 12.1. The zero-order valence-electron chi connectivity index (χ0n) is 16.5. The molecule has 0 aliphatic carbocycles.